The molecule has 5 fully saturated rings. The highest BCUT2D eigenvalue weighted by molar-refractivity contribution is 5.21. The van der Waals surface area contributed by atoms with Crippen molar-refractivity contribution in [3.05, 3.63) is 141 Å². The molecule has 1 heterocycles. The molecular formula is C96H195O20+. The molecule has 6 unspecified atom stereocenters. The summed E-state index contributed by atoms with van der Waals surface area (Å²) in [7, 11) is 11.0. The van der Waals surface area contributed by atoms with Crippen LogP contribution in [0.15, 0.2) is 133 Å². The molecule has 0 spiro atoms. The lowest BCUT2D eigenvalue weighted by atomic mass is 9.90. The van der Waals surface area contributed by atoms with Gasteiger partial charge < -0.3 is 92.2 Å². The van der Waals surface area contributed by atoms with Crippen LogP contribution in [0.4, 0.5) is 0 Å². The molecule has 116 heavy (non-hydrogen) atoms. The van der Waals surface area contributed by atoms with Crippen molar-refractivity contribution < 1.29 is 97.0 Å². The fourth-order valence-corrected chi connectivity index (χ4v) is 9.66. The molecule has 6 N–H and O–H groups in total. The maximum Gasteiger partial charge on any atom is 0.213 e. The van der Waals surface area contributed by atoms with E-state index < -0.39 is 30.5 Å². The summed E-state index contributed by atoms with van der Waals surface area (Å²) < 4.78 is 68.9. The Morgan fingerprint density at radius 3 is 0.741 bits per heavy atom. The number of benzene rings is 4. The van der Waals surface area contributed by atoms with Gasteiger partial charge in [-0.05, 0) is 103 Å². The maximum absolute atomic E-state index is 9.79. The van der Waals surface area contributed by atoms with Gasteiger partial charge in [-0.3, -0.25) is 0 Å². The summed E-state index contributed by atoms with van der Waals surface area (Å²) in [5.41, 5.74) is 0. The predicted molar refractivity (Wildman–Crippen MR) is 498 cm³/mol. The summed E-state index contributed by atoms with van der Waals surface area (Å²) >= 11 is 0. The second kappa shape index (κ2) is 124. The average Bonchev–Trinajstić information content (AvgIpc) is 1.76. The first-order chi connectivity index (χ1) is 51.7. The number of aliphatic hydroxyl groups is 5. The van der Waals surface area contributed by atoms with E-state index in [-0.39, 0.29) is 80.9 Å². The molecule has 0 bridgehead atoms. The smallest absolute Gasteiger partial charge is 0.213 e. The van der Waals surface area contributed by atoms with Gasteiger partial charge in [-0.2, -0.15) is 4.74 Å². The van der Waals surface area contributed by atoms with Gasteiger partial charge in [-0.1, -0.05) is 299 Å². The second-order valence-electron chi connectivity index (χ2n) is 25.3. The van der Waals surface area contributed by atoms with Gasteiger partial charge in [0.1, 0.15) is 54.7 Å². The largest absolute Gasteiger partial charge is 0.508 e. The van der Waals surface area contributed by atoms with Gasteiger partial charge in [0.25, 0.3) is 0 Å². The molecule has 4 aromatic carbocycles. The number of ether oxygens (including phenoxy) is 14. The SMILES string of the molecule is C.C.C.C.C.C.C.C.C.C.C1CCC(COCC2CO2)CC1.C1CCCCC1.C1CCCCC1.CCOC.CCOCC(O)COC.CCOCC(O)COC.CCOCC(O)COC.CCOCC(O)COC.OC(COCC1CCCCC1)COc1ccccc1.Oc1ccccc1.[CH2+]OCC.c1ccccc1.c1ccccc1. The monoisotopic (exact) mass is 1670 g/mol. The van der Waals surface area contributed by atoms with Crippen molar-refractivity contribution in [3.8, 4) is 11.5 Å². The molecule has 4 saturated carbocycles. The Hall–Kier alpha value is -4.37. The molecule has 6 atom stereocenters. The van der Waals surface area contributed by atoms with Crippen molar-refractivity contribution in [2.45, 2.75) is 294 Å². The van der Waals surface area contributed by atoms with Crippen LogP contribution in [0, 0.1) is 18.9 Å². The lowest BCUT2D eigenvalue weighted by Gasteiger charge is -2.22. The normalized spacial score (nSPS) is 14.7. The minimum absolute atomic E-state index is 0. The molecule has 1 saturated heterocycles. The number of rotatable bonds is 33. The van der Waals surface area contributed by atoms with Gasteiger partial charge in [-0.25, -0.2) is 0 Å². The third-order valence-electron chi connectivity index (χ3n) is 15.4. The summed E-state index contributed by atoms with van der Waals surface area (Å²) in [6.45, 7) is 22.5. The number of methoxy groups -OCH3 is 5. The van der Waals surface area contributed by atoms with E-state index in [9.17, 15) is 5.11 Å². The van der Waals surface area contributed by atoms with E-state index in [4.69, 9.17) is 63.4 Å². The van der Waals surface area contributed by atoms with E-state index >= 15 is 0 Å². The van der Waals surface area contributed by atoms with Crippen LogP contribution in [0.1, 0.15) is 257 Å². The number of aliphatic hydroxyl groups excluding tert-OH is 5. The number of hydrogen-bond acceptors (Lipinski definition) is 20. The third kappa shape index (κ3) is 125. The van der Waals surface area contributed by atoms with Crippen molar-refractivity contribution in [1.29, 1.82) is 0 Å². The minimum Gasteiger partial charge on any atom is -0.508 e. The predicted octanol–water partition coefficient (Wildman–Crippen LogP) is 22.4. The van der Waals surface area contributed by atoms with E-state index in [0.717, 1.165) is 44.7 Å². The molecule has 9 rings (SSSR count). The van der Waals surface area contributed by atoms with Gasteiger partial charge in [0.15, 0.2) is 0 Å². The zero-order chi connectivity index (χ0) is 78.9. The zero-order valence-electron chi connectivity index (χ0n) is 68.1. The Kier molecular flexibility index (Phi) is 153. The molecular weight excluding hydrogens is 1470 g/mol. The van der Waals surface area contributed by atoms with Crippen LogP contribution >= 0.6 is 0 Å². The van der Waals surface area contributed by atoms with Gasteiger partial charge >= 0.3 is 0 Å². The summed E-state index contributed by atoms with van der Waals surface area (Å²) in [5.74, 6) is 2.64. The molecule has 20 heteroatoms. The Morgan fingerprint density at radius 1 is 0.302 bits per heavy atom. The fourth-order valence-electron chi connectivity index (χ4n) is 9.66. The van der Waals surface area contributed by atoms with E-state index in [1.807, 2.05) is 151 Å². The highest BCUT2D eigenvalue weighted by Crippen LogP contribution is 2.25. The van der Waals surface area contributed by atoms with Gasteiger partial charge in [-0.15, -0.1) is 0 Å². The van der Waals surface area contributed by atoms with Crippen molar-refractivity contribution in [2.75, 3.05) is 168 Å². The highest BCUT2D eigenvalue weighted by Gasteiger charge is 2.23. The van der Waals surface area contributed by atoms with Crippen molar-refractivity contribution in [1.82, 2.24) is 0 Å². The molecule has 4 aliphatic carbocycles. The topological polar surface area (TPSA) is 254 Å². The van der Waals surface area contributed by atoms with Crippen LogP contribution < -0.4 is 4.74 Å². The first-order valence-electron chi connectivity index (χ1n) is 39.5. The van der Waals surface area contributed by atoms with Crippen LogP contribution in [0.5, 0.6) is 11.5 Å². The molecule has 0 aromatic heterocycles. The summed E-state index contributed by atoms with van der Waals surface area (Å²) in [6.07, 6.45) is 29.6. The summed E-state index contributed by atoms with van der Waals surface area (Å²) in [6, 6.07) is 42.3. The van der Waals surface area contributed by atoms with E-state index in [1.54, 1.807) is 59.8 Å². The maximum atomic E-state index is 9.79. The molecule has 4 aromatic rings. The number of phenolic OH excluding ortho intramolecular Hbond substituents is 1. The first kappa shape index (κ1) is 143. The highest BCUT2D eigenvalue weighted by atomic mass is 16.6. The second-order valence-corrected chi connectivity index (χ2v) is 25.3. The number of hydrogen-bond donors (Lipinski definition) is 6. The standard InChI is InChI=1S/C16H24O3.C10H18O2.4C6H14O3.C6H6O.2C6H12.2C6H6.C3H8O.C3H7O.10CH4/c17-15(13-19-16-9-5-2-6-10-16)12-18-11-14-7-3-1-4-8-14;1-2-4-9(5-3-1)6-11-7-10-8-12-10;4*1-3-9-5-6(7)4-8-2;7-6-4-2-1-3-5-6;4*1-2-4-6-5-3-1;2*1-3-4-2;;;;;;;;;;/h2,5-6,9-10,14-15,17H,1,3-4,7-8,11-13H2;9-10H,1-8H2;4*6-7H,3-5H2,1-2H3;1-5,7H;2*1-6H2;2*1-6H;3H2,1-2H3;2-3H2,1H3;10*1H4/q;;;;;;;;;;;;+1;;;;;;;;;;. The van der Waals surface area contributed by atoms with Crippen LogP contribution in [0.3, 0.4) is 0 Å². The Bertz CT molecular complexity index is 1900. The Morgan fingerprint density at radius 2 is 0.526 bits per heavy atom. The van der Waals surface area contributed by atoms with Crippen molar-refractivity contribution in [3.63, 3.8) is 0 Å². The molecule has 0 radical (unpaired) electrons. The molecule has 1 aliphatic heterocycles. The van der Waals surface area contributed by atoms with Crippen molar-refractivity contribution >= 4 is 0 Å². The van der Waals surface area contributed by atoms with E-state index in [1.165, 1.54) is 141 Å². The molecule has 20 nitrogen and oxygen atoms in total. The summed E-state index contributed by atoms with van der Waals surface area (Å²) in [5, 5.41) is 54.1. The lowest BCUT2D eigenvalue weighted by Crippen LogP contribution is -2.25. The number of epoxide rings is 1. The van der Waals surface area contributed by atoms with E-state index in [0.29, 0.717) is 110 Å². The number of para-hydroxylation sites is 2. The van der Waals surface area contributed by atoms with Crippen LogP contribution in [0.25, 0.3) is 0 Å². The quantitative estimate of drug-likeness (QED) is 0.0191. The van der Waals surface area contributed by atoms with E-state index in [2.05, 4.69) is 35.5 Å². The number of phenols is 1. The molecule has 0 amide bonds. The van der Waals surface area contributed by atoms with Gasteiger partial charge in [0.05, 0.1) is 79.3 Å². The van der Waals surface area contributed by atoms with Gasteiger partial charge in [0, 0.05) is 81.8 Å². The lowest BCUT2D eigenvalue weighted by molar-refractivity contribution is -0.00357. The Balaban J connectivity index is -0.0000000821. The number of aromatic hydroxyl groups is 1. The minimum atomic E-state index is -0.552. The fraction of sp³-hybridized carbons (Fsp3) is 0.740. The third-order valence-corrected chi connectivity index (χ3v) is 15.4. The summed E-state index contributed by atoms with van der Waals surface area (Å²) in [4.78, 5) is 0. The van der Waals surface area contributed by atoms with Crippen LogP contribution in [-0.2, 0) is 61.6 Å². The average molecular weight is 1670 g/mol. The van der Waals surface area contributed by atoms with Crippen LogP contribution in [0.2, 0.25) is 0 Å². The first-order valence-corrected chi connectivity index (χ1v) is 39.5. The molecule has 5 aliphatic rings. The molecule has 698 valence electrons. The van der Waals surface area contributed by atoms with Crippen molar-refractivity contribution in [2.24, 2.45) is 11.8 Å². The zero-order valence-corrected chi connectivity index (χ0v) is 68.1. The van der Waals surface area contributed by atoms with Crippen LogP contribution in [-0.4, -0.2) is 235 Å². The Labute approximate surface area is 718 Å². The van der Waals surface area contributed by atoms with Gasteiger partial charge in [0.2, 0.25) is 7.11 Å².